The lowest BCUT2D eigenvalue weighted by molar-refractivity contribution is 1.11. The Hall–Kier alpha value is -2.42. The van der Waals surface area contributed by atoms with Crippen molar-refractivity contribution in [3.8, 4) is 11.1 Å². The predicted octanol–water partition coefficient (Wildman–Crippen LogP) is 3.75. The van der Waals surface area contributed by atoms with Crippen molar-refractivity contribution in [1.29, 1.82) is 0 Å². The summed E-state index contributed by atoms with van der Waals surface area (Å²) in [6.07, 6.45) is 4.56. The van der Waals surface area contributed by atoms with Crippen LogP contribution in [0.4, 0.5) is 5.82 Å². The van der Waals surface area contributed by atoms with Crippen LogP contribution in [0, 0.1) is 6.92 Å². The number of nitrogens with two attached hydrogens (primary N) is 1. The van der Waals surface area contributed by atoms with Gasteiger partial charge in [-0.05, 0) is 36.6 Å². The Bertz CT molecular complexity index is 778. The van der Waals surface area contributed by atoms with E-state index in [-0.39, 0.29) is 0 Å². The molecule has 0 amide bonds. The van der Waals surface area contributed by atoms with Crippen LogP contribution in [0.1, 0.15) is 18.1 Å². The zero-order valence-corrected chi connectivity index (χ0v) is 11.7. The number of para-hydroxylation sites is 1. The summed E-state index contributed by atoms with van der Waals surface area (Å²) in [4.78, 5) is 8.84. The van der Waals surface area contributed by atoms with Gasteiger partial charge >= 0.3 is 0 Å². The molecule has 2 heterocycles. The number of hydrogen-bond donors (Lipinski definition) is 1. The van der Waals surface area contributed by atoms with Crippen LogP contribution in [-0.4, -0.2) is 9.97 Å². The molecule has 0 bridgehead atoms. The lowest BCUT2D eigenvalue weighted by Crippen LogP contribution is -1.97. The number of hydrogen-bond acceptors (Lipinski definition) is 3. The van der Waals surface area contributed by atoms with Gasteiger partial charge < -0.3 is 5.73 Å². The molecule has 20 heavy (non-hydrogen) atoms. The maximum atomic E-state index is 5.89. The summed E-state index contributed by atoms with van der Waals surface area (Å²) in [6, 6.07) is 10.4. The van der Waals surface area contributed by atoms with Crippen molar-refractivity contribution >= 4 is 16.7 Å². The van der Waals surface area contributed by atoms with Gasteiger partial charge in [-0.25, -0.2) is 4.98 Å². The molecular formula is C17H17N3. The highest BCUT2D eigenvalue weighted by molar-refractivity contribution is 5.95. The predicted molar refractivity (Wildman–Crippen MR) is 83.5 cm³/mol. The molecule has 0 radical (unpaired) electrons. The molecule has 3 heteroatoms. The fourth-order valence-corrected chi connectivity index (χ4v) is 2.50. The number of anilines is 1. The molecule has 3 nitrogen and oxygen atoms in total. The lowest BCUT2D eigenvalue weighted by atomic mass is 10.00. The third kappa shape index (κ3) is 2.01. The molecule has 0 saturated heterocycles. The number of nitrogens with zero attached hydrogens (tertiary/aromatic N) is 2. The van der Waals surface area contributed by atoms with Crippen molar-refractivity contribution < 1.29 is 0 Å². The molecule has 0 unspecified atom stereocenters. The molecule has 2 aromatic heterocycles. The Morgan fingerprint density at radius 2 is 2.00 bits per heavy atom. The number of rotatable bonds is 2. The van der Waals surface area contributed by atoms with E-state index in [1.807, 2.05) is 18.5 Å². The van der Waals surface area contributed by atoms with Gasteiger partial charge in [0.25, 0.3) is 0 Å². The molecule has 0 fully saturated rings. The molecule has 3 rings (SSSR count). The molecule has 0 aliphatic heterocycles. The van der Waals surface area contributed by atoms with Gasteiger partial charge in [0.1, 0.15) is 5.82 Å². The third-order valence-corrected chi connectivity index (χ3v) is 3.68. The summed E-state index contributed by atoms with van der Waals surface area (Å²) in [5, 5.41) is 1.18. The van der Waals surface area contributed by atoms with E-state index in [0.29, 0.717) is 5.82 Å². The second-order valence-electron chi connectivity index (χ2n) is 4.95. The van der Waals surface area contributed by atoms with Gasteiger partial charge in [-0.1, -0.05) is 25.1 Å². The summed E-state index contributed by atoms with van der Waals surface area (Å²) in [7, 11) is 0. The molecule has 0 atom stereocenters. The van der Waals surface area contributed by atoms with Gasteiger partial charge in [0.15, 0.2) is 0 Å². The molecule has 2 N–H and O–H groups in total. The van der Waals surface area contributed by atoms with Gasteiger partial charge in [0, 0.05) is 28.9 Å². The van der Waals surface area contributed by atoms with E-state index < -0.39 is 0 Å². The number of fused-ring (bicyclic) bond motifs is 1. The SMILES string of the molecule is CCc1cc(-c2cccc3c(C)ccnc23)cnc1N. The number of pyridine rings is 2. The van der Waals surface area contributed by atoms with E-state index in [1.165, 1.54) is 10.9 Å². The van der Waals surface area contributed by atoms with Crippen LogP contribution in [0.3, 0.4) is 0 Å². The van der Waals surface area contributed by atoms with Crippen molar-refractivity contribution in [3.63, 3.8) is 0 Å². The highest BCUT2D eigenvalue weighted by Gasteiger charge is 2.08. The average molecular weight is 263 g/mol. The zero-order valence-electron chi connectivity index (χ0n) is 11.7. The summed E-state index contributed by atoms with van der Waals surface area (Å²) in [5.41, 5.74) is 11.4. The van der Waals surface area contributed by atoms with Gasteiger partial charge in [-0.2, -0.15) is 0 Å². The Kier molecular flexibility index (Phi) is 3.11. The molecule has 0 spiro atoms. The topological polar surface area (TPSA) is 51.8 Å². The minimum absolute atomic E-state index is 0.612. The number of benzene rings is 1. The van der Waals surface area contributed by atoms with Crippen LogP contribution in [-0.2, 0) is 6.42 Å². The second-order valence-corrected chi connectivity index (χ2v) is 4.95. The van der Waals surface area contributed by atoms with E-state index in [1.54, 1.807) is 0 Å². The van der Waals surface area contributed by atoms with Crippen LogP contribution < -0.4 is 5.73 Å². The van der Waals surface area contributed by atoms with Crippen molar-refractivity contribution in [1.82, 2.24) is 9.97 Å². The Balaban J connectivity index is 2.27. The van der Waals surface area contributed by atoms with Crippen molar-refractivity contribution in [3.05, 3.63) is 53.9 Å². The first-order valence-corrected chi connectivity index (χ1v) is 6.79. The molecule has 100 valence electrons. The summed E-state index contributed by atoms with van der Waals surface area (Å²) < 4.78 is 0. The molecule has 0 aliphatic carbocycles. The zero-order chi connectivity index (χ0) is 14.1. The third-order valence-electron chi connectivity index (χ3n) is 3.68. The van der Waals surface area contributed by atoms with Crippen LogP contribution in [0.15, 0.2) is 42.7 Å². The highest BCUT2D eigenvalue weighted by Crippen LogP contribution is 2.29. The van der Waals surface area contributed by atoms with Crippen molar-refractivity contribution in [2.75, 3.05) is 5.73 Å². The minimum atomic E-state index is 0.612. The lowest BCUT2D eigenvalue weighted by Gasteiger charge is -2.09. The normalized spacial score (nSPS) is 10.9. The Morgan fingerprint density at radius 1 is 1.15 bits per heavy atom. The van der Waals surface area contributed by atoms with Crippen molar-refractivity contribution in [2.24, 2.45) is 0 Å². The standard InChI is InChI=1S/C17H17N3/c1-3-12-9-13(10-20-17(12)18)15-6-4-5-14-11(2)7-8-19-16(14)15/h4-10H,3H2,1-2H3,(H2,18,20). The first kappa shape index (κ1) is 12.6. The smallest absolute Gasteiger partial charge is 0.126 e. The van der Waals surface area contributed by atoms with Gasteiger partial charge in [-0.15, -0.1) is 0 Å². The van der Waals surface area contributed by atoms with Crippen molar-refractivity contribution in [2.45, 2.75) is 20.3 Å². The van der Waals surface area contributed by atoms with Crippen LogP contribution in [0.25, 0.3) is 22.0 Å². The fourth-order valence-electron chi connectivity index (χ4n) is 2.50. The summed E-state index contributed by atoms with van der Waals surface area (Å²) >= 11 is 0. The van der Waals surface area contributed by atoms with E-state index >= 15 is 0 Å². The maximum absolute atomic E-state index is 5.89. The number of aryl methyl sites for hydroxylation is 2. The average Bonchev–Trinajstić information content (AvgIpc) is 2.48. The fraction of sp³-hybridized carbons (Fsp3) is 0.176. The Morgan fingerprint density at radius 3 is 2.80 bits per heavy atom. The highest BCUT2D eigenvalue weighted by atomic mass is 14.8. The molecule has 0 aliphatic rings. The van der Waals surface area contributed by atoms with Crippen LogP contribution >= 0.6 is 0 Å². The van der Waals surface area contributed by atoms with Gasteiger partial charge in [0.05, 0.1) is 5.52 Å². The van der Waals surface area contributed by atoms with Crippen LogP contribution in [0.5, 0.6) is 0 Å². The van der Waals surface area contributed by atoms with Gasteiger partial charge in [0.2, 0.25) is 0 Å². The minimum Gasteiger partial charge on any atom is -0.383 e. The Labute approximate surface area is 118 Å². The largest absolute Gasteiger partial charge is 0.383 e. The molecule has 3 aromatic rings. The van der Waals surface area contributed by atoms with Crippen LogP contribution in [0.2, 0.25) is 0 Å². The molecular weight excluding hydrogens is 246 g/mol. The number of nitrogen functional groups attached to an aromatic ring is 1. The second kappa shape index (κ2) is 4.93. The molecule has 1 aromatic carbocycles. The van der Waals surface area contributed by atoms with E-state index in [2.05, 4.69) is 48.1 Å². The number of aromatic nitrogens is 2. The summed E-state index contributed by atoms with van der Waals surface area (Å²) in [5.74, 6) is 0.612. The first-order valence-electron chi connectivity index (χ1n) is 6.79. The summed E-state index contributed by atoms with van der Waals surface area (Å²) in [6.45, 7) is 4.19. The first-order chi connectivity index (χ1) is 9.70. The van der Waals surface area contributed by atoms with E-state index in [4.69, 9.17) is 5.73 Å². The quantitative estimate of drug-likeness (QED) is 0.766. The van der Waals surface area contributed by atoms with E-state index in [0.717, 1.165) is 28.6 Å². The maximum Gasteiger partial charge on any atom is 0.126 e. The van der Waals surface area contributed by atoms with Gasteiger partial charge in [-0.3, -0.25) is 4.98 Å². The van der Waals surface area contributed by atoms with E-state index in [9.17, 15) is 0 Å². The molecule has 0 saturated carbocycles. The monoisotopic (exact) mass is 263 g/mol.